The third kappa shape index (κ3) is 2.34. The van der Waals surface area contributed by atoms with E-state index in [9.17, 15) is 0 Å². The van der Waals surface area contributed by atoms with Gasteiger partial charge in [0, 0.05) is 17.5 Å². The van der Waals surface area contributed by atoms with Gasteiger partial charge in [0.1, 0.15) is 0 Å². The van der Waals surface area contributed by atoms with E-state index in [1.54, 1.807) is 0 Å². The molecule has 0 saturated carbocycles. The molecule has 0 spiro atoms. The first-order valence-electron chi connectivity index (χ1n) is 6.33. The molecule has 1 heterocycles. The molecule has 19 heavy (non-hydrogen) atoms. The van der Waals surface area contributed by atoms with Crippen molar-refractivity contribution < 1.29 is 0 Å². The molecule has 0 aliphatic heterocycles. The minimum atomic E-state index is 0.823. The maximum absolute atomic E-state index is 6.56. The van der Waals surface area contributed by atoms with Gasteiger partial charge in [0.05, 0.1) is 10.5 Å². The maximum Gasteiger partial charge on any atom is 0.0720 e. The molecule has 2 aromatic carbocycles. The van der Waals surface area contributed by atoms with Crippen molar-refractivity contribution >= 4 is 22.5 Å². The average Bonchev–Trinajstić information content (AvgIpc) is 2.45. The summed E-state index contributed by atoms with van der Waals surface area (Å²) >= 11 is 6.56. The second-order valence-corrected chi connectivity index (χ2v) is 5.05. The Bertz CT molecular complexity index is 720. The lowest BCUT2D eigenvalue weighted by Crippen LogP contribution is -1.97. The summed E-state index contributed by atoms with van der Waals surface area (Å²) < 4.78 is 0. The van der Waals surface area contributed by atoms with Crippen LogP contribution in [0.15, 0.2) is 54.6 Å². The molecule has 0 aliphatic rings. The van der Waals surface area contributed by atoms with Gasteiger partial charge in [0.15, 0.2) is 0 Å². The minimum Gasteiger partial charge on any atom is -0.253 e. The number of fused-ring (bicyclic) bond motifs is 1. The van der Waals surface area contributed by atoms with E-state index in [0.717, 1.165) is 33.6 Å². The second-order valence-electron chi connectivity index (χ2n) is 4.67. The van der Waals surface area contributed by atoms with Gasteiger partial charge in [-0.15, -0.1) is 0 Å². The van der Waals surface area contributed by atoms with Gasteiger partial charge in [0.25, 0.3) is 0 Å². The number of rotatable bonds is 2. The molecule has 0 fully saturated rings. The molecule has 0 bridgehead atoms. The van der Waals surface area contributed by atoms with E-state index in [4.69, 9.17) is 11.6 Å². The highest BCUT2D eigenvalue weighted by molar-refractivity contribution is 6.36. The van der Waals surface area contributed by atoms with Gasteiger partial charge in [-0.05, 0) is 24.1 Å². The summed E-state index contributed by atoms with van der Waals surface area (Å²) in [5, 5.41) is 1.85. The topological polar surface area (TPSA) is 12.9 Å². The first-order chi connectivity index (χ1) is 9.25. The zero-order valence-corrected chi connectivity index (χ0v) is 11.5. The number of pyridine rings is 1. The van der Waals surface area contributed by atoms with Gasteiger partial charge in [-0.2, -0.15) is 0 Å². The average molecular weight is 268 g/mol. The summed E-state index contributed by atoms with van der Waals surface area (Å²) in [4.78, 5) is 4.65. The summed E-state index contributed by atoms with van der Waals surface area (Å²) in [6.45, 7) is 2.02. The number of nitrogens with zero attached hydrogens (tertiary/aromatic N) is 1. The molecule has 0 unspecified atom stereocenters. The molecule has 0 aliphatic carbocycles. The van der Waals surface area contributed by atoms with Gasteiger partial charge in [-0.3, -0.25) is 4.98 Å². The number of hydrogen-bond donors (Lipinski definition) is 0. The van der Waals surface area contributed by atoms with Gasteiger partial charge >= 0.3 is 0 Å². The highest BCUT2D eigenvalue weighted by atomic mass is 35.5. The second kappa shape index (κ2) is 5.02. The Morgan fingerprint density at radius 3 is 2.42 bits per heavy atom. The van der Waals surface area contributed by atoms with Crippen LogP contribution in [-0.2, 0) is 6.42 Å². The molecule has 0 atom stereocenters. The molecular formula is C17H14ClN. The Morgan fingerprint density at radius 2 is 1.63 bits per heavy atom. The Morgan fingerprint density at radius 1 is 0.947 bits per heavy atom. The lowest BCUT2D eigenvalue weighted by atomic mass is 10.0. The zero-order chi connectivity index (χ0) is 13.2. The number of para-hydroxylation sites is 1. The number of benzene rings is 2. The van der Waals surface area contributed by atoms with E-state index < -0.39 is 0 Å². The van der Waals surface area contributed by atoms with Crippen molar-refractivity contribution in [2.24, 2.45) is 0 Å². The largest absolute Gasteiger partial charge is 0.253 e. The van der Waals surface area contributed by atoms with Crippen LogP contribution in [0.2, 0.25) is 5.02 Å². The molecule has 94 valence electrons. The van der Waals surface area contributed by atoms with E-state index in [1.807, 2.05) is 49.4 Å². The fraction of sp³-hybridized carbons (Fsp3) is 0.118. The summed E-state index contributed by atoms with van der Waals surface area (Å²) in [6.07, 6.45) is 0.823. The molecule has 0 saturated heterocycles. The highest BCUT2D eigenvalue weighted by Gasteiger charge is 2.10. The number of halogens is 1. The van der Waals surface area contributed by atoms with Crippen LogP contribution in [0.1, 0.15) is 16.8 Å². The third-order valence-corrected chi connectivity index (χ3v) is 3.79. The molecule has 1 aromatic heterocycles. The van der Waals surface area contributed by atoms with Crippen LogP contribution in [0.5, 0.6) is 0 Å². The molecule has 3 rings (SSSR count). The van der Waals surface area contributed by atoms with Crippen LogP contribution in [-0.4, -0.2) is 4.98 Å². The lowest BCUT2D eigenvalue weighted by molar-refractivity contribution is 1.10. The standard InChI is InChI=1S/C17H14ClN/c1-12-15(11-13-7-3-2-4-8-13)17(18)14-9-5-6-10-16(14)19-12/h2-10H,11H2,1H3. The van der Waals surface area contributed by atoms with Gasteiger partial charge in [-0.1, -0.05) is 60.1 Å². The van der Waals surface area contributed by atoms with Crippen molar-refractivity contribution in [3.8, 4) is 0 Å². The number of hydrogen-bond acceptors (Lipinski definition) is 1. The normalized spacial score (nSPS) is 10.8. The van der Waals surface area contributed by atoms with Crippen LogP contribution in [0.25, 0.3) is 10.9 Å². The van der Waals surface area contributed by atoms with Crippen molar-refractivity contribution in [1.82, 2.24) is 4.98 Å². The van der Waals surface area contributed by atoms with Crippen molar-refractivity contribution in [2.75, 3.05) is 0 Å². The lowest BCUT2D eigenvalue weighted by Gasteiger charge is -2.11. The van der Waals surface area contributed by atoms with Crippen LogP contribution >= 0.6 is 11.6 Å². The molecule has 0 N–H and O–H groups in total. The maximum atomic E-state index is 6.56. The molecule has 2 heteroatoms. The van der Waals surface area contributed by atoms with E-state index in [2.05, 4.69) is 17.1 Å². The molecule has 1 nitrogen and oxygen atoms in total. The molecule has 0 radical (unpaired) electrons. The Balaban J connectivity index is 2.13. The van der Waals surface area contributed by atoms with E-state index in [-0.39, 0.29) is 0 Å². The van der Waals surface area contributed by atoms with Crippen molar-refractivity contribution in [3.05, 3.63) is 76.4 Å². The van der Waals surface area contributed by atoms with Crippen LogP contribution in [0.3, 0.4) is 0 Å². The fourth-order valence-corrected chi connectivity index (χ4v) is 2.70. The smallest absolute Gasteiger partial charge is 0.0720 e. The summed E-state index contributed by atoms with van der Waals surface area (Å²) in [5.41, 5.74) is 4.34. The number of aryl methyl sites for hydroxylation is 1. The first-order valence-corrected chi connectivity index (χ1v) is 6.71. The summed E-state index contributed by atoms with van der Waals surface area (Å²) in [5.74, 6) is 0. The van der Waals surface area contributed by atoms with Gasteiger partial charge in [-0.25, -0.2) is 0 Å². The zero-order valence-electron chi connectivity index (χ0n) is 10.7. The summed E-state index contributed by atoms with van der Waals surface area (Å²) in [6, 6.07) is 18.4. The predicted molar refractivity (Wildman–Crippen MR) is 80.7 cm³/mol. The molecule has 3 aromatic rings. The Labute approximate surface area is 117 Å². The first kappa shape index (κ1) is 12.2. The van der Waals surface area contributed by atoms with E-state index in [1.165, 1.54) is 5.56 Å². The van der Waals surface area contributed by atoms with Crippen molar-refractivity contribution in [1.29, 1.82) is 0 Å². The number of aromatic nitrogens is 1. The third-order valence-electron chi connectivity index (χ3n) is 3.35. The van der Waals surface area contributed by atoms with Crippen LogP contribution < -0.4 is 0 Å². The molecular weight excluding hydrogens is 254 g/mol. The predicted octanol–water partition coefficient (Wildman–Crippen LogP) is 4.79. The van der Waals surface area contributed by atoms with E-state index >= 15 is 0 Å². The SMILES string of the molecule is Cc1nc2ccccc2c(Cl)c1Cc1ccccc1. The molecule has 0 amide bonds. The van der Waals surface area contributed by atoms with Crippen molar-refractivity contribution in [3.63, 3.8) is 0 Å². The highest BCUT2D eigenvalue weighted by Crippen LogP contribution is 2.29. The summed E-state index contributed by atoms with van der Waals surface area (Å²) in [7, 11) is 0. The quantitative estimate of drug-likeness (QED) is 0.651. The van der Waals surface area contributed by atoms with Crippen LogP contribution in [0.4, 0.5) is 0 Å². The van der Waals surface area contributed by atoms with Crippen molar-refractivity contribution in [2.45, 2.75) is 13.3 Å². The van der Waals surface area contributed by atoms with E-state index in [0.29, 0.717) is 0 Å². The Kier molecular flexibility index (Phi) is 3.22. The van der Waals surface area contributed by atoms with Gasteiger partial charge < -0.3 is 0 Å². The monoisotopic (exact) mass is 267 g/mol. The fourth-order valence-electron chi connectivity index (χ4n) is 2.33. The van der Waals surface area contributed by atoms with Crippen LogP contribution in [0, 0.1) is 6.92 Å². The minimum absolute atomic E-state index is 0.823. The van der Waals surface area contributed by atoms with Gasteiger partial charge in [0.2, 0.25) is 0 Å². The Hall–Kier alpha value is -1.86.